The van der Waals surface area contributed by atoms with Crippen LogP contribution >= 0.6 is 0 Å². The van der Waals surface area contributed by atoms with Crippen molar-refractivity contribution in [3.8, 4) is 0 Å². The molecule has 1 aliphatic rings. The Hall–Kier alpha value is -2.95. The molecule has 1 amide bonds. The van der Waals surface area contributed by atoms with Crippen molar-refractivity contribution in [2.75, 3.05) is 38.5 Å². The number of carbonyl (C=O) groups excluding carboxylic acids is 1. The number of rotatable bonds is 5. The largest absolute Gasteiger partial charge is 0.329 e. The van der Waals surface area contributed by atoms with E-state index in [4.69, 9.17) is 0 Å². The maximum atomic E-state index is 13.0. The highest BCUT2D eigenvalue weighted by Gasteiger charge is 2.27. The number of nitrogens with zero attached hydrogens (tertiary/aromatic N) is 4. The molecule has 164 valence electrons. The number of sulfonamides is 1. The van der Waals surface area contributed by atoms with Gasteiger partial charge in [-0.05, 0) is 37.4 Å². The average molecular weight is 444 g/mol. The van der Waals surface area contributed by atoms with E-state index in [1.807, 2.05) is 25.2 Å². The first-order chi connectivity index (χ1) is 14.8. The van der Waals surface area contributed by atoms with E-state index in [1.165, 1.54) is 25.6 Å². The SMILES string of the molecule is CN1CCN(S(=O)(=O)c2cccc(NC(=O)Cn3c(=O)n(C)c4ccccc43)c2)CC1. The van der Waals surface area contributed by atoms with Gasteiger partial charge in [0.05, 0.1) is 15.9 Å². The second-order valence-corrected chi connectivity index (χ2v) is 9.64. The third-order valence-corrected chi connectivity index (χ3v) is 7.47. The predicted molar refractivity (Wildman–Crippen MR) is 119 cm³/mol. The molecule has 1 fully saturated rings. The van der Waals surface area contributed by atoms with Gasteiger partial charge in [0, 0.05) is 38.9 Å². The number of anilines is 1. The molecule has 2 aromatic carbocycles. The van der Waals surface area contributed by atoms with E-state index in [2.05, 4.69) is 10.2 Å². The Morgan fingerprint density at radius 2 is 1.65 bits per heavy atom. The Balaban J connectivity index is 1.53. The van der Waals surface area contributed by atoms with Gasteiger partial charge in [0.2, 0.25) is 15.9 Å². The molecule has 3 aromatic rings. The molecule has 0 atom stereocenters. The minimum atomic E-state index is -3.64. The number of fused-ring (bicyclic) bond motifs is 1. The number of aryl methyl sites for hydroxylation is 1. The Morgan fingerprint density at radius 1 is 0.968 bits per heavy atom. The smallest absolute Gasteiger partial charge is 0.324 e. The van der Waals surface area contributed by atoms with Crippen LogP contribution in [0.3, 0.4) is 0 Å². The van der Waals surface area contributed by atoms with Gasteiger partial charge in [0.15, 0.2) is 0 Å². The molecular formula is C21H25N5O4S. The molecule has 0 bridgehead atoms. The first kappa shape index (κ1) is 21.3. The molecule has 9 nitrogen and oxygen atoms in total. The quantitative estimate of drug-likeness (QED) is 0.633. The Bertz CT molecular complexity index is 1290. The first-order valence-corrected chi connectivity index (χ1v) is 11.4. The molecule has 0 spiro atoms. The van der Waals surface area contributed by atoms with Crippen LogP contribution in [0.1, 0.15) is 0 Å². The number of para-hydroxylation sites is 2. The molecule has 1 N–H and O–H groups in total. The molecule has 0 saturated carbocycles. The van der Waals surface area contributed by atoms with E-state index in [9.17, 15) is 18.0 Å². The van der Waals surface area contributed by atoms with Gasteiger partial charge in [-0.3, -0.25) is 13.9 Å². The van der Waals surface area contributed by atoms with Crippen molar-refractivity contribution in [3.63, 3.8) is 0 Å². The maximum Gasteiger partial charge on any atom is 0.329 e. The van der Waals surface area contributed by atoms with Gasteiger partial charge in [-0.25, -0.2) is 13.2 Å². The monoisotopic (exact) mass is 443 g/mol. The highest BCUT2D eigenvalue weighted by molar-refractivity contribution is 7.89. The fraction of sp³-hybridized carbons (Fsp3) is 0.333. The van der Waals surface area contributed by atoms with Crippen molar-refractivity contribution < 1.29 is 13.2 Å². The zero-order valence-corrected chi connectivity index (χ0v) is 18.3. The van der Waals surface area contributed by atoms with Crippen molar-refractivity contribution in [2.24, 2.45) is 7.05 Å². The van der Waals surface area contributed by atoms with Crippen molar-refractivity contribution >= 4 is 32.7 Å². The second-order valence-electron chi connectivity index (χ2n) is 7.70. The number of aromatic nitrogens is 2. The summed E-state index contributed by atoms with van der Waals surface area (Å²) in [6, 6.07) is 13.5. The highest BCUT2D eigenvalue weighted by atomic mass is 32.2. The van der Waals surface area contributed by atoms with Gasteiger partial charge in [0.25, 0.3) is 0 Å². The summed E-state index contributed by atoms with van der Waals surface area (Å²) in [6.45, 7) is 2.04. The average Bonchev–Trinajstić information content (AvgIpc) is 2.99. The third-order valence-electron chi connectivity index (χ3n) is 5.57. The fourth-order valence-corrected chi connectivity index (χ4v) is 5.24. The van der Waals surface area contributed by atoms with E-state index in [0.717, 1.165) is 5.52 Å². The Kier molecular flexibility index (Phi) is 5.69. The molecule has 0 unspecified atom stereocenters. The van der Waals surface area contributed by atoms with E-state index < -0.39 is 15.9 Å². The topological polar surface area (TPSA) is 96.7 Å². The van der Waals surface area contributed by atoms with E-state index in [1.54, 1.807) is 25.2 Å². The number of likely N-dealkylation sites (N-methyl/N-ethyl adjacent to an activating group) is 1. The normalized spacial score (nSPS) is 15.9. The zero-order chi connectivity index (χ0) is 22.2. The summed E-state index contributed by atoms with van der Waals surface area (Å²) >= 11 is 0. The molecule has 1 aliphatic heterocycles. The van der Waals surface area contributed by atoms with Crippen LogP contribution in [0.4, 0.5) is 5.69 Å². The Morgan fingerprint density at radius 3 is 2.35 bits per heavy atom. The second kappa shape index (κ2) is 8.29. The van der Waals surface area contributed by atoms with Gasteiger partial charge in [-0.15, -0.1) is 0 Å². The van der Waals surface area contributed by atoms with Crippen LogP contribution in [0, 0.1) is 0 Å². The lowest BCUT2D eigenvalue weighted by Gasteiger charge is -2.31. The standard InChI is InChI=1S/C21H25N5O4S/c1-23-10-12-25(13-11-23)31(29,30)17-7-5-6-16(14-17)22-20(27)15-26-19-9-4-3-8-18(19)24(2)21(26)28/h3-9,14H,10-13,15H2,1-2H3,(H,22,27). The van der Waals surface area contributed by atoms with Gasteiger partial charge in [-0.1, -0.05) is 18.2 Å². The van der Waals surface area contributed by atoms with E-state index in [0.29, 0.717) is 37.4 Å². The van der Waals surface area contributed by atoms with Crippen LogP contribution in [-0.4, -0.2) is 65.9 Å². The number of hydrogen-bond donors (Lipinski definition) is 1. The van der Waals surface area contributed by atoms with Gasteiger partial charge in [0.1, 0.15) is 6.54 Å². The maximum absolute atomic E-state index is 13.0. The molecule has 31 heavy (non-hydrogen) atoms. The van der Waals surface area contributed by atoms with Crippen LogP contribution in [0.15, 0.2) is 58.2 Å². The molecule has 2 heterocycles. The number of hydrogen-bond acceptors (Lipinski definition) is 5. The summed E-state index contributed by atoms with van der Waals surface area (Å²) in [5.41, 5.74) is 1.48. The number of benzene rings is 2. The summed E-state index contributed by atoms with van der Waals surface area (Å²) in [7, 11) is -0.0198. The predicted octanol–water partition coefficient (Wildman–Crippen LogP) is 0.915. The zero-order valence-electron chi connectivity index (χ0n) is 17.5. The summed E-state index contributed by atoms with van der Waals surface area (Å²) < 4.78 is 30.3. The number of nitrogens with one attached hydrogen (secondary N) is 1. The summed E-state index contributed by atoms with van der Waals surface area (Å²) in [5.74, 6) is -0.410. The van der Waals surface area contributed by atoms with Crippen molar-refractivity contribution in [2.45, 2.75) is 11.4 Å². The molecule has 1 saturated heterocycles. The lowest BCUT2D eigenvalue weighted by atomic mass is 10.3. The van der Waals surface area contributed by atoms with Gasteiger partial charge < -0.3 is 10.2 Å². The van der Waals surface area contributed by atoms with E-state index >= 15 is 0 Å². The molecule has 0 radical (unpaired) electrons. The van der Waals surface area contributed by atoms with Crippen LogP contribution in [-0.2, 0) is 28.4 Å². The lowest BCUT2D eigenvalue weighted by molar-refractivity contribution is -0.116. The number of imidazole rings is 1. The third kappa shape index (κ3) is 4.14. The summed E-state index contributed by atoms with van der Waals surface area (Å²) in [5, 5.41) is 2.71. The fourth-order valence-electron chi connectivity index (χ4n) is 3.77. The van der Waals surface area contributed by atoms with Crippen LogP contribution in [0.25, 0.3) is 11.0 Å². The van der Waals surface area contributed by atoms with Gasteiger partial charge in [-0.2, -0.15) is 4.31 Å². The molecular weight excluding hydrogens is 418 g/mol. The number of carbonyl (C=O) groups is 1. The number of amides is 1. The highest BCUT2D eigenvalue weighted by Crippen LogP contribution is 2.21. The van der Waals surface area contributed by atoms with Crippen molar-refractivity contribution in [1.82, 2.24) is 18.3 Å². The summed E-state index contributed by atoms with van der Waals surface area (Å²) in [4.78, 5) is 27.4. The Labute approximate surface area is 180 Å². The van der Waals surface area contributed by atoms with Crippen molar-refractivity contribution in [1.29, 1.82) is 0 Å². The molecule has 10 heteroatoms. The minimum Gasteiger partial charge on any atom is -0.324 e. The minimum absolute atomic E-state index is 0.136. The molecule has 1 aromatic heterocycles. The van der Waals surface area contributed by atoms with Crippen molar-refractivity contribution in [3.05, 3.63) is 59.0 Å². The molecule has 0 aliphatic carbocycles. The van der Waals surface area contributed by atoms with Crippen LogP contribution < -0.4 is 11.0 Å². The van der Waals surface area contributed by atoms with Gasteiger partial charge >= 0.3 is 5.69 Å². The van der Waals surface area contributed by atoms with E-state index in [-0.39, 0.29) is 17.1 Å². The summed E-state index contributed by atoms with van der Waals surface area (Å²) in [6.07, 6.45) is 0. The lowest BCUT2D eigenvalue weighted by Crippen LogP contribution is -2.47. The molecule has 4 rings (SSSR count). The first-order valence-electron chi connectivity index (χ1n) is 10.0. The number of piperazine rings is 1. The van der Waals surface area contributed by atoms with Crippen LogP contribution in [0.5, 0.6) is 0 Å². The van der Waals surface area contributed by atoms with Crippen LogP contribution in [0.2, 0.25) is 0 Å².